The number of amides is 1. The number of hydrogen-bond donors (Lipinski definition) is 1. The Balaban J connectivity index is 1.80. The first-order chi connectivity index (χ1) is 17.6. The molecule has 2 aromatic carbocycles. The van der Waals surface area contributed by atoms with Crippen LogP contribution in [0.2, 0.25) is 0 Å². The summed E-state index contributed by atoms with van der Waals surface area (Å²) >= 11 is 0. The van der Waals surface area contributed by atoms with Gasteiger partial charge in [-0.2, -0.15) is 5.10 Å². The van der Waals surface area contributed by atoms with Gasteiger partial charge in [0.15, 0.2) is 0 Å². The minimum Gasteiger partial charge on any atom is -0.497 e. The summed E-state index contributed by atoms with van der Waals surface area (Å²) in [5.74, 6) is 0.706. The lowest BCUT2D eigenvalue weighted by Gasteiger charge is -2.29. The lowest BCUT2D eigenvalue weighted by Crippen LogP contribution is -2.36. The van der Waals surface area contributed by atoms with Gasteiger partial charge in [-0.25, -0.2) is 4.79 Å². The molecule has 0 saturated carbocycles. The average Bonchev–Trinajstić information content (AvgIpc) is 3.28. The normalized spacial score (nSPS) is 13.8. The van der Waals surface area contributed by atoms with Gasteiger partial charge in [-0.15, -0.1) is 0 Å². The Bertz CT molecular complexity index is 1260. The summed E-state index contributed by atoms with van der Waals surface area (Å²) in [5.41, 5.74) is 1.99. The van der Waals surface area contributed by atoms with Crippen LogP contribution >= 0.6 is 0 Å². The van der Waals surface area contributed by atoms with Crippen LogP contribution in [-0.2, 0) is 16.0 Å². The van der Waals surface area contributed by atoms with Crippen molar-refractivity contribution in [2.45, 2.75) is 32.9 Å². The molecule has 0 aliphatic carbocycles. The molecule has 1 N–H and O–H groups in total. The van der Waals surface area contributed by atoms with Gasteiger partial charge in [-0.3, -0.25) is 20.1 Å². The van der Waals surface area contributed by atoms with E-state index in [1.54, 1.807) is 38.6 Å². The summed E-state index contributed by atoms with van der Waals surface area (Å²) in [6.07, 6.45) is 0.578. The maximum absolute atomic E-state index is 12.7. The number of nitro groups is 1. The number of aromatic nitrogens is 2. The number of benzene rings is 2. The molecule has 0 unspecified atom stereocenters. The van der Waals surface area contributed by atoms with E-state index in [1.807, 2.05) is 36.4 Å². The van der Waals surface area contributed by atoms with Crippen molar-refractivity contribution >= 4 is 23.2 Å². The van der Waals surface area contributed by atoms with E-state index in [2.05, 4.69) is 15.3 Å². The highest BCUT2D eigenvalue weighted by molar-refractivity contribution is 5.93. The number of carbonyl (C=O) groups is 1. The molecule has 11 nitrogen and oxygen atoms in total. The summed E-state index contributed by atoms with van der Waals surface area (Å²) in [6.45, 7) is 8.13. The molecule has 1 amide bonds. The molecule has 1 aromatic heterocycles. The number of anilines is 2. The monoisotopic (exact) mass is 509 g/mol. The Labute approximate surface area is 215 Å². The number of rotatable bonds is 7. The molecule has 0 bridgehead atoms. The van der Waals surface area contributed by atoms with Crippen LogP contribution in [0.4, 0.5) is 21.9 Å². The fourth-order valence-electron chi connectivity index (χ4n) is 4.08. The lowest BCUT2D eigenvalue weighted by atomic mass is 10.1. The quantitative estimate of drug-likeness (QED) is 0.359. The second-order valence-electron chi connectivity index (χ2n) is 9.60. The summed E-state index contributed by atoms with van der Waals surface area (Å²) in [5, 5.41) is 19.2. The summed E-state index contributed by atoms with van der Waals surface area (Å²) in [4.78, 5) is 26.4. The van der Waals surface area contributed by atoms with Crippen LogP contribution in [0.15, 0.2) is 48.7 Å². The van der Waals surface area contributed by atoms with E-state index >= 15 is 0 Å². The van der Waals surface area contributed by atoms with Gasteiger partial charge in [0.05, 0.1) is 37.5 Å². The zero-order valence-corrected chi connectivity index (χ0v) is 21.4. The SMILES string of the molecule is COc1ccc(Cn2ncc([N+](=O)[O-])c2-c2cc(N3CCOCC3)ccc2NC(=O)OC(C)(C)C)cc1. The van der Waals surface area contributed by atoms with Gasteiger partial charge in [-0.1, -0.05) is 12.1 Å². The van der Waals surface area contributed by atoms with Crippen LogP contribution in [-0.4, -0.2) is 59.8 Å². The third kappa shape index (κ3) is 6.36. The van der Waals surface area contributed by atoms with Crippen LogP contribution in [0.5, 0.6) is 5.75 Å². The van der Waals surface area contributed by atoms with Crippen molar-refractivity contribution in [2.24, 2.45) is 0 Å². The first kappa shape index (κ1) is 26.0. The Kier molecular flexibility index (Phi) is 7.63. The lowest BCUT2D eigenvalue weighted by molar-refractivity contribution is -0.384. The largest absolute Gasteiger partial charge is 0.497 e. The third-order valence-corrected chi connectivity index (χ3v) is 5.78. The zero-order valence-electron chi connectivity index (χ0n) is 21.4. The molecule has 11 heteroatoms. The van der Waals surface area contributed by atoms with E-state index < -0.39 is 16.6 Å². The van der Waals surface area contributed by atoms with Gasteiger partial charge in [0.1, 0.15) is 23.2 Å². The predicted molar refractivity (Wildman–Crippen MR) is 139 cm³/mol. The van der Waals surface area contributed by atoms with Crippen molar-refractivity contribution < 1.29 is 23.9 Å². The van der Waals surface area contributed by atoms with Gasteiger partial charge < -0.3 is 19.1 Å². The Morgan fingerprint density at radius 2 is 1.86 bits per heavy atom. The zero-order chi connectivity index (χ0) is 26.6. The summed E-state index contributed by atoms with van der Waals surface area (Å²) in [6, 6.07) is 12.8. The number of morpholine rings is 1. The van der Waals surface area contributed by atoms with E-state index in [0.717, 1.165) is 11.3 Å². The van der Waals surface area contributed by atoms with Gasteiger partial charge in [-0.05, 0) is 56.7 Å². The molecule has 196 valence electrons. The maximum atomic E-state index is 12.7. The van der Waals surface area contributed by atoms with Crippen LogP contribution in [0.25, 0.3) is 11.3 Å². The number of nitrogens with zero attached hydrogens (tertiary/aromatic N) is 4. The fraction of sp³-hybridized carbons (Fsp3) is 0.385. The number of methoxy groups -OCH3 is 1. The number of hydrogen-bond acceptors (Lipinski definition) is 8. The smallest absolute Gasteiger partial charge is 0.412 e. The topological polar surface area (TPSA) is 121 Å². The molecule has 1 saturated heterocycles. The van der Waals surface area contributed by atoms with Gasteiger partial charge in [0, 0.05) is 24.3 Å². The van der Waals surface area contributed by atoms with Crippen molar-refractivity contribution in [1.82, 2.24) is 9.78 Å². The van der Waals surface area contributed by atoms with E-state index in [-0.39, 0.29) is 17.9 Å². The molecular weight excluding hydrogens is 478 g/mol. The van der Waals surface area contributed by atoms with Gasteiger partial charge in [0.2, 0.25) is 0 Å². The Hall–Kier alpha value is -4.12. The number of ether oxygens (including phenoxy) is 3. The van der Waals surface area contributed by atoms with Crippen molar-refractivity contribution in [2.75, 3.05) is 43.6 Å². The minimum atomic E-state index is -0.708. The molecule has 0 atom stereocenters. The molecule has 4 rings (SSSR count). The van der Waals surface area contributed by atoms with Crippen LogP contribution in [0.1, 0.15) is 26.3 Å². The second kappa shape index (κ2) is 10.9. The molecular formula is C26H31N5O6. The molecule has 3 aromatic rings. The van der Waals surface area contributed by atoms with Crippen molar-refractivity contribution in [3.8, 4) is 17.0 Å². The van der Waals surface area contributed by atoms with Crippen molar-refractivity contribution in [3.05, 3.63) is 64.3 Å². The highest BCUT2D eigenvalue weighted by Gasteiger charge is 2.27. The standard InChI is InChI=1S/C26H31N5O6/c1-26(2,3)37-25(32)28-22-10-7-19(29-11-13-36-14-12-29)15-21(22)24-23(31(33)34)16-27-30(24)17-18-5-8-20(35-4)9-6-18/h5-10,15-16H,11-14,17H2,1-4H3,(H,28,32). The van der Waals surface area contributed by atoms with Crippen molar-refractivity contribution in [1.29, 1.82) is 0 Å². The molecule has 2 heterocycles. The van der Waals surface area contributed by atoms with Crippen LogP contribution in [0, 0.1) is 10.1 Å². The predicted octanol–water partition coefficient (Wildman–Crippen LogP) is 4.70. The Morgan fingerprint density at radius 1 is 1.16 bits per heavy atom. The molecule has 0 radical (unpaired) electrons. The van der Waals surface area contributed by atoms with E-state index in [9.17, 15) is 14.9 Å². The number of carbonyl (C=O) groups excluding carboxylic acids is 1. The Morgan fingerprint density at radius 3 is 2.49 bits per heavy atom. The molecule has 37 heavy (non-hydrogen) atoms. The molecule has 1 aliphatic heterocycles. The molecule has 0 spiro atoms. The second-order valence-corrected chi connectivity index (χ2v) is 9.60. The van der Waals surface area contributed by atoms with Gasteiger partial charge >= 0.3 is 11.8 Å². The molecule has 1 fully saturated rings. The van der Waals surface area contributed by atoms with Crippen molar-refractivity contribution in [3.63, 3.8) is 0 Å². The average molecular weight is 510 g/mol. The van der Waals surface area contributed by atoms with E-state index in [0.29, 0.717) is 43.3 Å². The van der Waals surface area contributed by atoms with E-state index in [1.165, 1.54) is 6.20 Å². The van der Waals surface area contributed by atoms with E-state index in [4.69, 9.17) is 14.2 Å². The molecule has 1 aliphatic rings. The van der Waals surface area contributed by atoms with Gasteiger partial charge in [0.25, 0.3) is 0 Å². The third-order valence-electron chi connectivity index (χ3n) is 5.78. The highest BCUT2D eigenvalue weighted by Crippen LogP contribution is 2.38. The summed E-state index contributed by atoms with van der Waals surface area (Å²) in [7, 11) is 1.59. The maximum Gasteiger partial charge on any atom is 0.412 e. The number of nitrogens with one attached hydrogen (secondary N) is 1. The summed E-state index contributed by atoms with van der Waals surface area (Å²) < 4.78 is 17.7. The first-order valence-electron chi connectivity index (χ1n) is 11.9. The minimum absolute atomic E-state index is 0.167. The van der Waals surface area contributed by atoms with Crippen LogP contribution in [0.3, 0.4) is 0 Å². The first-order valence-corrected chi connectivity index (χ1v) is 11.9. The highest BCUT2D eigenvalue weighted by atomic mass is 16.6. The fourth-order valence-corrected chi connectivity index (χ4v) is 4.08. The van der Waals surface area contributed by atoms with Crippen LogP contribution < -0.4 is 15.0 Å².